The van der Waals surface area contributed by atoms with Crippen molar-refractivity contribution in [3.05, 3.63) is 30.3 Å². The minimum atomic E-state index is -3.86. The van der Waals surface area contributed by atoms with Gasteiger partial charge in [0.25, 0.3) is 10.0 Å². The van der Waals surface area contributed by atoms with Gasteiger partial charge in [0, 0.05) is 6.42 Å². The van der Waals surface area contributed by atoms with E-state index in [2.05, 4.69) is 31.4 Å². The predicted octanol–water partition coefficient (Wildman–Crippen LogP) is 4.90. The number of carbonyl (C=O) groups excluding carboxylic acids is 1. The number of carbonyl (C=O) groups is 1. The normalized spacial score (nSPS) is 42.4. The van der Waals surface area contributed by atoms with Crippen LogP contribution >= 0.6 is 0 Å². The molecular formula is C32H45NO5S. The molecule has 0 spiro atoms. The molecule has 5 rings (SSSR count). The second kappa shape index (κ2) is 10.2. The molecule has 0 unspecified atom stereocenters. The molecule has 4 saturated carbocycles. The number of aliphatic hydroxyl groups excluding tert-OH is 1. The van der Waals surface area contributed by atoms with Crippen molar-refractivity contribution >= 4 is 15.9 Å². The Kier molecular flexibility index (Phi) is 7.48. The van der Waals surface area contributed by atoms with E-state index in [0.29, 0.717) is 43.4 Å². The highest BCUT2D eigenvalue weighted by atomic mass is 32.2. The molecule has 39 heavy (non-hydrogen) atoms. The van der Waals surface area contributed by atoms with Gasteiger partial charge in [-0.25, -0.2) is 13.1 Å². The first-order chi connectivity index (χ1) is 18.3. The van der Waals surface area contributed by atoms with Crippen LogP contribution in [0, 0.1) is 58.7 Å². The molecule has 1 aromatic carbocycles. The molecule has 0 bridgehead atoms. The lowest BCUT2D eigenvalue weighted by molar-refractivity contribution is -0.181. The maximum Gasteiger partial charge on any atom is 0.264 e. The van der Waals surface area contributed by atoms with Crippen molar-refractivity contribution < 1.29 is 23.4 Å². The van der Waals surface area contributed by atoms with E-state index in [9.17, 15) is 23.4 Å². The van der Waals surface area contributed by atoms with Crippen molar-refractivity contribution in [3.63, 3.8) is 0 Å². The van der Waals surface area contributed by atoms with Gasteiger partial charge < -0.3 is 10.2 Å². The number of terminal acetylenes is 1. The van der Waals surface area contributed by atoms with Crippen LogP contribution in [0.5, 0.6) is 0 Å². The standard InChI is InChI=1S/C32H45NO5S/c1-5-32(36)18-17-30(3)22(20-32)19-27(34)29-25-13-12-24(31(25,4)16-15-26(29)30)21(2)11-14-28(35)33-39(37,38)23-9-7-6-8-10-23/h1,6-10,21-22,24-27,29,34,36H,11-20H2,2-4H3,(H,33,35)/t21-,22-,24-,25+,26+,27+,29+,30+,31-,32-/m1/s1. The van der Waals surface area contributed by atoms with Crippen molar-refractivity contribution in [1.82, 2.24) is 4.72 Å². The minimum absolute atomic E-state index is 0.0956. The van der Waals surface area contributed by atoms with Gasteiger partial charge in [0.1, 0.15) is 5.60 Å². The maximum atomic E-state index is 12.6. The molecule has 1 aromatic rings. The van der Waals surface area contributed by atoms with Crippen LogP contribution in [0.2, 0.25) is 0 Å². The number of benzene rings is 1. The summed E-state index contributed by atoms with van der Waals surface area (Å²) in [5.74, 6) is 4.29. The molecule has 3 N–H and O–H groups in total. The molecule has 4 fully saturated rings. The Morgan fingerprint density at radius 3 is 2.49 bits per heavy atom. The molecular weight excluding hydrogens is 510 g/mol. The van der Waals surface area contributed by atoms with E-state index >= 15 is 0 Å². The zero-order valence-corrected chi connectivity index (χ0v) is 24.4. The maximum absolute atomic E-state index is 12.6. The molecule has 214 valence electrons. The molecule has 1 amide bonds. The minimum Gasteiger partial charge on any atom is -0.393 e. The van der Waals surface area contributed by atoms with Gasteiger partial charge in [0.15, 0.2) is 0 Å². The summed E-state index contributed by atoms with van der Waals surface area (Å²) in [6.45, 7) is 7.00. The van der Waals surface area contributed by atoms with Crippen LogP contribution in [-0.2, 0) is 14.8 Å². The number of aliphatic hydroxyl groups is 2. The van der Waals surface area contributed by atoms with E-state index < -0.39 is 21.5 Å². The van der Waals surface area contributed by atoms with Crippen LogP contribution in [0.25, 0.3) is 0 Å². The molecule has 0 radical (unpaired) electrons. The van der Waals surface area contributed by atoms with Gasteiger partial charge >= 0.3 is 0 Å². The number of amides is 1. The Balaban J connectivity index is 1.24. The van der Waals surface area contributed by atoms with Crippen LogP contribution in [0.4, 0.5) is 0 Å². The molecule has 0 aliphatic heterocycles. The topological polar surface area (TPSA) is 104 Å². The van der Waals surface area contributed by atoms with Crippen molar-refractivity contribution in [2.45, 2.75) is 102 Å². The fourth-order valence-electron chi connectivity index (χ4n) is 9.74. The molecule has 4 aliphatic carbocycles. The SMILES string of the molecule is C#C[C@@]1(O)CC[C@@]2(C)[C@H](C[C@H](O)[C@@H]3[C@@H]2CC[C@]2(C)[C@@H]([C@H](C)CCC(=O)NS(=O)(=O)c4ccccc4)CC[C@@H]32)C1. The Hall–Kier alpha value is -1.88. The van der Waals surface area contributed by atoms with E-state index in [1.807, 2.05) is 0 Å². The van der Waals surface area contributed by atoms with E-state index in [4.69, 9.17) is 6.42 Å². The summed E-state index contributed by atoms with van der Waals surface area (Å²) in [5, 5.41) is 22.4. The molecule has 7 heteroatoms. The average molecular weight is 556 g/mol. The van der Waals surface area contributed by atoms with Crippen LogP contribution in [0.3, 0.4) is 0 Å². The van der Waals surface area contributed by atoms with Gasteiger partial charge in [0.05, 0.1) is 11.0 Å². The quantitative estimate of drug-likeness (QED) is 0.433. The van der Waals surface area contributed by atoms with Crippen LogP contribution in [0.1, 0.15) is 85.0 Å². The number of hydrogen-bond acceptors (Lipinski definition) is 5. The number of sulfonamides is 1. The summed E-state index contributed by atoms with van der Waals surface area (Å²) in [5.41, 5.74) is -0.841. The van der Waals surface area contributed by atoms with Crippen molar-refractivity contribution in [2.24, 2.45) is 46.3 Å². The van der Waals surface area contributed by atoms with E-state index in [-0.39, 0.29) is 46.0 Å². The molecule has 10 atom stereocenters. The van der Waals surface area contributed by atoms with Gasteiger partial charge in [-0.05, 0) is 116 Å². The summed E-state index contributed by atoms with van der Waals surface area (Å²) < 4.78 is 27.3. The van der Waals surface area contributed by atoms with Gasteiger partial charge in [-0.2, -0.15) is 0 Å². The monoisotopic (exact) mass is 555 g/mol. The van der Waals surface area contributed by atoms with Gasteiger partial charge in [-0.3, -0.25) is 4.79 Å². The molecule has 0 aromatic heterocycles. The summed E-state index contributed by atoms with van der Waals surface area (Å²) in [7, 11) is -3.86. The third-order valence-electron chi connectivity index (χ3n) is 11.9. The van der Waals surface area contributed by atoms with Crippen LogP contribution in [-0.4, -0.2) is 36.2 Å². The molecule has 6 nitrogen and oxygen atoms in total. The first-order valence-electron chi connectivity index (χ1n) is 14.8. The predicted molar refractivity (Wildman–Crippen MR) is 151 cm³/mol. The fourth-order valence-corrected chi connectivity index (χ4v) is 10.8. The summed E-state index contributed by atoms with van der Waals surface area (Å²) in [6, 6.07) is 7.99. The second-order valence-corrected chi connectivity index (χ2v) is 15.4. The molecule has 0 heterocycles. The first kappa shape index (κ1) is 28.6. The zero-order chi connectivity index (χ0) is 28.2. The molecule has 0 saturated heterocycles. The highest BCUT2D eigenvalue weighted by molar-refractivity contribution is 7.90. The Bertz CT molecular complexity index is 1230. The van der Waals surface area contributed by atoms with E-state index in [1.54, 1.807) is 18.2 Å². The lowest BCUT2D eigenvalue weighted by atomic mass is 9.43. The largest absolute Gasteiger partial charge is 0.393 e. The Morgan fingerprint density at radius 2 is 1.79 bits per heavy atom. The molecule has 4 aliphatic rings. The smallest absolute Gasteiger partial charge is 0.264 e. The van der Waals surface area contributed by atoms with Crippen molar-refractivity contribution in [2.75, 3.05) is 0 Å². The summed E-state index contributed by atoms with van der Waals surface area (Å²) >= 11 is 0. The zero-order valence-electron chi connectivity index (χ0n) is 23.6. The second-order valence-electron chi connectivity index (χ2n) is 13.8. The number of nitrogens with one attached hydrogen (secondary N) is 1. The lowest BCUT2D eigenvalue weighted by Gasteiger charge is -2.63. The number of hydrogen-bond donors (Lipinski definition) is 3. The Labute approximate surface area is 234 Å². The number of rotatable bonds is 6. The first-order valence-corrected chi connectivity index (χ1v) is 16.3. The highest BCUT2D eigenvalue weighted by Gasteiger charge is 2.63. The van der Waals surface area contributed by atoms with E-state index in [0.717, 1.165) is 32.1 Å². The van der Waals surface area contributed by atoms with Gasteiger partial charge in [0.2, 0.25) is 5.91 Å². The highest BCUT2D eigenvalue weighted by Crippen LogP contribution is 2.68. The fraction of sp³-hybridized carbons (Fsp3) is 0.719. The van der Waals surface area contributed by atoms with Crippen molar-refractivity contribution in [1.29, 1.82) is 0 Å². The van der Waals surface area contributed by atoms with Gasteiger partial charge in [-0.1, -0.05) is 44.9 Å². The van der Waals surface area contributed by atoms with Crippen molar-refractivity contribution in [3.8, 4) is 12.3 Å². The third kappa shape index (κ3) is 4.96. The number of fused-ring (bicyclic) bond motifs is 5. The van der Waals surface area contributed by atoms with Crippen LogP contribution < -0.4 is 4.72 Å². The van der Waals surface area contributed by atoms with Crippen LogP contribution in [0.15, 0.2) is 35.2 Å². The summed E-state index contributed by atoms with van der Waals surface area (Å²) in [6.07, 6.45) is 13.3. The summed E-state index contributed by atoms with van der Waals surface area (Å²) in [4.78, 5) is 12.7. The average Bonchev–Trinajstić information content (AvgIpc) is 3.26. The third-order valence-corrected chi connectivity index (χ3v) is 13.3. The van der Waals surface area contributed by atoms with E-state index in [1.165, 1.54) is 12.1 Å². The van der Waals surface area contributed by atoms with Gasteiger partial charge in [-0.15, -0.1) is 6.42 Å². The Morgan fingerprint density at radius 1 is 1.10 bits per heavy atom. The lowest BCUT2D eigenvalue weighted by Crippen LogP contribution is -2.60.